The number of nitrogens with zero attached hydrogens (tertiary/aromatic N) is 1. The minimum atomic E-state index is -0.388. The molecule has 1 aromatic carbocycles. The average Bonchev–Trinajstić information content (AvgIpc) is 2.68. The zero-order valence-corrected chi connectivity index (χ0v) is 10.3. The van der Waals surface area contributed by atoms with Crippen LogP contribution in [0.5, 0.6) is 0 Å². The van der Waals surface area contributed by atoms with Crippen LogP contribution in [-0.2, 0) is 0 Å². The summed E-state index contributed by atoms with van der Waals surface area (Å²) in [6, 6.07) is 3.24. The number of hydrogen-bond donors (Lipinski definition) is 1. The molecule has 0 amide bonds. The van der Waals surface area contributed by atoms with Crippen LogP contribution in [0.2, 0.25) is 5.02 Å². The molecule has 90 valence electrons. The maximum atomic E-state index is 13.8. The molecule has 1 heterocycles. The fourth-order valence-corrected chi connectivity index (χ4v) is 1.88. The fraction of sp³-hybridized carbons (Fsp3) is 0.250. The van der Waals surface area contributed by atoms with E-state index >= 15 is 0 Å². The van der Waals surface area contributed by atoms with Crippen LogP contribution in [-0.4, -0.2) is 5.16 Å². The Kier molecular flexibility index (Phi) is 3.07. The molecular weight excluding hydrogens is 243 g/mol. The molecule has 0 saturated heterocycles. The Morgan fingerprint density at radius 3 is 2.65 bits per heavy atom. The van der Waals surface area contributed by atoms with Gasteiger partial charge in [-0.25, -0.2) is 4.39 Å². The highest BCUT2D eigenvalue weighted by Crippen LogP contribution is 2.33. The Hall–Kier alpha value is -1.55. The zero-order valence-electron chi connectivity index (χ0n) is 9.50. The summed E-state index contributed by atoms with van der Waals surface area (Å²) < 4.78 is 18.6. The van der Waals surface area contributed by atoms with E-state index in [1.165, 1.54) is 12.3 Å². The second-order valence-corrected chi connectivity index (χ2v) is 4.53. The maximum absolute atomic E-state index is 13.8. The van der Waals surface area contributed by atoms with Crippen LogP contribution in [0.4, 0.5) is 10.3 Å². The minimum Gasteiger partial charge on any atom is -0.367 e. The Morgan fingerprint density at radius 2 is 2.12 bits per heavy atom. The standard InChI is InChI=1S/C12H12ClFN2O/c1-6(2)8-3-7(4-10(13)11(8)14)9-5-16-17-12(9)15/h3-6H,15H2,1-2H3. The van der Waals surface area contributed by atoms with Crippen molar-refractivity contribution >= 4 is 17.5 Å². The summed E-state index contributed by atoms with van der Waals surface area (Å²) in [6.07, 6.45) is 1.49. The van der Waals surface area contributed by atoms with Gasteiger partial charge in [0, 0.05) is 0 Å². The molecule has 0 aliphatic rings. The van der Waals surface area contributed by atoms with Crippen molar-refractivity contribution in [2.75, 3.05) is 5.73 Å². The molecule has 2 aromatic rings. The van der Waals surface area contributed by atoms with Gasteiger partial charge in [-0.1, -0.05) is 30.6 Å². The van der Waals surface area contributed by atoms with Gasteiger partial charge in [-0.05, 0) is 29.2 Å². The summed E-state index contributed by atoms with van der Waals surface area (Å²) in [5.41, 5.74) is 7.50. The van der Waals surface area contributed by atoms with E-state index < -0.39 is 0 Å². The molecule has 2 rings (SSSR count). The molecule has 0 aliphatic heterocycles. The van der Waals surface area contributed by atoms with Gasteiger partial charge in [-0.2, -0.15) is 0 Å². The molecule has 0 fully saturated rings. The van der Waals surface area contributed by atoms with Crippen LogP contribution in [0.15, 0.2) is 22.9 Å². The Balaban J connectivity index is 2.61. The SMILES string of the molecule is CC(C)c1cc(-c2cnoc2N)cc(Cl)c1F. The minimum absolute atomic E-state index is 0.0357. The highest BCUT2D eigenvalue weighted by atomic mass is 35.5. The number of rotatable bonds is 2. The van der Waals surface area contributed by atoms with Crippen LogP contribution >= 0.6 is 11.6 Å². The van der Waals surface area contributed by atoms with Crippen molar-refractivity contribution in [1.82, 2.24) is 5.16 Å². The molecule has 0 bridgehead atoms. The maximum Gasteiger partial charge on any atom is 0.229 e. The van der Waals surface area contributed by atoms with Crippen LogP contribution < -0.4 is 5.73 Å². The summed E-state index contributed by atoms with van der Waals surface area (Å²) in [5, 5.41) is 3.66. The monoisotopic (exact) mass is 254 g/mol. The molecule has 0 saturated carbocycles. The summed E-state index contributed by atoms with van der Waals surface area (Å²) in [4.78, 5) is 0. The average molecular weight is 255 g/mol. The lowest BCUT2D eigenvalue weighted by atomic mass is 9.98. The fourth-order valence-electron chi connectivity index (χ4n) is 1.65. The van der Waals surface area contributed by atoms with Crippen LogP contribution in [0, 0.1) is 5.82 Å². The van der Waals surface area contributed by atoms with Gasteiger partial charge in [0.25, 0.3) is 0 Å². The molecule has 5 heteroatoms. The van der Waals surface area contributed by atoms with Gasteiger partial charge in [0.05, 0.1) is 16.8 Å². The molecule has 3 nitrogen and oxygen atoms in total. The van der Waals surface area contributed by atoms with Gasteiger partial charge in [-0.3, -0.25) is 0 Å². The summed E-state index contributed by atoms with van der Waals surface area (Å²) in [7, 11) is 0. The van der Waals surface area contributed by atoms with E-state index in [-0.39, 0.29) is 22.6 Å². The third-order valence-electron chi connectivity index (χ3n) is 2.59. The third-order valence-corrected chi connectivity index (χ3v) is 2.86. The Bertz CT molecular complexity index is 551. The van der Waals surface area contributed by atoms with E-state index in [2.05, 4.69) is 5.16 Å². The van der Waals surface area contributed by atoms with Gasteiger partial charge in [-0.15, -0.1) is 0 Å². The molecule has 1 aromatic heterocycles. The van der Waals surface area contributed by atoms with Gasteiger partial charge in [0.15, 0.2) is 0 Å². The van der Waals surface area contributed by atoms with Crippen molar-refractivity contribution in [1.29, 1.82) is 0 Å². The molecule has 0 radical (unpaired) electrons. The van der Waals surface area contributed by atoms with E-state index in [1.54, 1.807) is 6.07 Å². The number of aromatic nitrogens is 1. The first-order chi connectivity index (χ1) is 8.00. The van der Waals surface area contributed by atoms with Crippen LogP contribution in [0.3, 0.4) is 0 Å². The van der Waals surface area contributed by atoms with Crippen molar-refractivity contribution in [3.8, 4) is 11.1 Å². The molecule has 0 unspecified atom stereocenters. The van der Waals surface area contributed by atoms with Gasteiger partial charge >= 0.3 is 0 Å². The Labute approximate surface area is 103 Å². The first-order valence-corrected chi connectivity index (χ1v) is 5.58. The first kappa shape index (κ1) is 11.9. The molecule has 17 heavy (non-hydrogen) atoms. The van der Waals surface area contributed by atoms with E-state index in [1.807, 2.05) is 13.8 Å². The summed E-state index contributed by atoms with van der Waals surface area (Å²) in [6.45, 7) is 3.80. The lowest BCUT2D eigenvalue weighted by molar-refractivity contribution is 0.436. The predicted molar refractivity (Wildman–Crippen MR) is 65.4 cm³/mol. The molecule has 0 spiro atoms. The van der Waals surface area contributed by atoms with E-state index in [0.29, 0.717) is 16.7 Å². The van der Waals surface area contributed by atoms with Crippen molar-refractivity contribution in [2.24, 2.45) is 0 Å². The highest BCUT2D eigenvalue weighted by Gasteiger charge is 2.15. The number of halogens is 2. The molecule has 2 N–H and O–H groups in total. The van der Waals surface area contributed by atoms with Crippen molar-refractivity contribution in [3.05, 3.63) is 34.7 Å². The predicted octanol–water partition coefficient (Wildman–Crippen LogP) is 3.84. The first-order valence-electron chi connectivity index (χ1n) is 5.20. The van der Waals surface area contributed by atoms with Crippen molar-refractivity contribution in [2.45, 2.75) is 19.8 Å². The number of nitrogens with two attached hydrogens (primary N) is 1. The topological polar surface area (TPSA) is 52.0 Å². The lowest BCUT2D eigenvalue weighted by Crippen LogP contribution is -1.95. The number of hydrogen-bond acceptors (Lipinski definition) is 3. The third kappa shape index (κ3) is 2.13. The van der Waals surface area contributed by atoms with E-state index in [9.17, 15) is 4.39 Å². The molecule has 0 aliphatic carbocycles. The molecular formula is C12H12ClFN2O. The van der Waals surface area contributed by atoms with Crippen LogP contribution in [0.1, 0.15) is 25.3 Å². The van der Waals surface area contributed by atoms with Gasteiger partial charge in [0.2, 0.25) is 5.88 Å². The normalized spacial score (nSPS) is 11.1. The smallest absolute Gasteiger partial charge is 0.229 e. The lowest BCUT2D eigenvalue weighted by Gasteiger charge is -2.10. The van der Waals surface area contributed by atoms with Gasteiger partial charge in [0.1, 0.15) is 5.82 Å². The van der Waals surface area contributed by atoms with Gasteiger partial charge < -0.3 is 10.3 Å². The number of anilines is 1. The quantitative estimate of drug-likeness (QED) is 0.886. The van der Waals surface area contributed by atoms with Crippen LogP contribution in [0.25, 0.3) is 11.1 Å². The second kappa shape index (κ2) is 4.37. The summed E-state index contributed by atoms with van der Waals surface area (Å²) >= 11 is 5.87. The highest BCUT2D eigenvalue weighted by molar-refractivity contribution is 6.31. The Morgan fingerprint density at radius 1 is 1.41 bits per heavy atom. The number of benzene rings is 1. The largest absolute Gasteiger partial charge is 0.367 e. The summed E-state index contributed by atoms with van der Waals surface area (Å²) in [5.74, 6) is -0.156. The van der Waals surface area contributed by atoms with Crippen molar-refractivity contribution in [3.63, 3.8) is 0 Å². The van der Waals surface area contributed by atoms with E-state index in [4.69, 9.17) is 21.9 Å². The molecule has 0 atom stereocenters. The zero-order chi connectivity index (χ0) is 12.6. The second-order valence-electron chi connectivity index (χ2n) is 4.12. The van der Waals surface area contributed by atoms with Crippen molar-refractivity contribution < 1.29 is 8.91 Å². The van der Waals surface area contributed by atoms with E-state index in [0.717, 1.165) is 0 Å². The number of nitrogen functional groups attached to an aromatic ring is 1.